The van der Waals surface area contributed by atoms with E-state index in [1.807, 2.05) is 27.7 Å². The zero-order valence-electron chi connectivity index (χ0n) is 10.1. The van der Waals surface area contributed by atoms with Crippen LogP contribution in [0.3, 0.4) is 0 Å². The van der Waals surface area contributed by atoms with Crippen LogP contribution in [0, 0.1) is 0 Å². The van der Waals surface area contributed by atoms with Gasteiger partial charge in [0.25, 0.3) is 0 Å². The number of allylic oxidation sites excluding steroid dienone is 1. The molecule has 0 aromatic carbocycles. The second-order valence-corrected chi connectivity index (χ2v) is 4.55. The summed E-state index contributed by atoms with van der Waals surface area (Å²) in [5, 5.41) is 9.36. The van der Waals surface area contributed by atoms with E-state index < -0.39 is 0 Å². The molecule has 1 N–H and O–H groups in total. The van der Waals surface area contributed by atoms with Gasteiger partial charge in [0.2, 0.25) is 0 Å². The molecular formula is C12H26OS. The van der Waals surface area contributed by atoms with Gasteiger partial charge >= 0.3 is 0 Å². The standard InChI is InChI=1S/C7H14OS.C3H6.C2H6/c1-7(9)5-3-2-4-6(7)8;1-3-2;1-2/h6,8-9H,2-5H2,1H3;3H,1H2,2H3;1-2H3. The highest BCUT2D eigenvalue weighted by molar-refractivity contribution is 7.81. The van der Waals surface area contributed by atoms with Crippen LogP contribution in [0.4, 0.5) is 0 Å². The first-order chi connectivity index (χ1) is 6.54. The Morgan fingerprint density at radius 2 is 1.86 bits per heavy atom. The molecule has 2 heteroatoms. The summed E-state index contributed by atoms with van der Waals surface area (Å²) in [6, 6.07) is 0. The molecule has 0 aliphatic heterocycles. The zero-order valence-corrected chi connectivity index (χ0v) is 11.0. The quantitative estimate of drug-likeness (QED) is 0.468. The van der Waals surface area contributed by atoms with Gasteiger partial charge in [-0.15, -0.1) is 6.58 Å². The van der Waals surface area contributed by atoms with Crippen molar-refractivity contribution in [2.45, 2.75) is 64.2 Å². The van der Waals surface area contributed by atoms with Gasteiger partial charge < -0.3 is 5.11 Å². The second-order valence-electron chi connectivity index (χ2n) is 3.53. The molecule has 0 spiro atoms. The number of aliphatic hydroxyl groups excluding tert-OH is 1. The number of hydrogen-bond acceptors (Lipinski definition) is 2. The van der Waals surface area contributed by atoms with Crippen molar-refractivity contribution in [1.82, 2.24) is 0 Å². The van der Waals surface area contributed by atoms with Crippen molar-refractivity contribution in [3.8, 4) is 0 Å². The third-order valence-electron chi connectivity index (χ3n) is 2.13. The Hall–Kier alpha value is 0.0500. The van der Waals surface area contributed by atoms with E-state index in [-0.39, 0.29) is 10.9 Å². The van der Waals surface area contributed by atoms with Crippen molar-refractivity contribution in [3.63, 3.8) is 0 Å². The lowest BCUT2D eigenvalue weighted by atomic mass is 9.87. The maximum atomic E-state index is 9.36. The number of thiol groups is 1. The second kappa shape index (κ2) is 9.60. The Labute approximate surface area is 95.0 Å². The van der Waals surface area contributed by atoms with E-state index >= 15 is 0 Å². The van der Waals surface area contributed by atoms with Crippen molar-refractivity contribution in [1.29, 1.82) is 0 Å². The minimum absolute atomic E-state index is 0.113. The maximum Gasteiger partial charge on any atom is 0.0681 e. The molecule has 1 fully saturated rings. The summed E-state index contributed by atoms with van der Waals surface area (Å²) in [4.78, 5) is 0. The fourth-order valence-corrected chi connectivity index (χ4v) is 1.59. The van der Waals surface area contributed by atoms with Crippen LogP contribution in [0.2, 0.25) is 0 Å². The molecule has 2 atom stereocenters. The van der Waals surface area contributed by atoms with Crippen molar-refractivity contribution in [2.24, 2.45) is 0 Å². The largest absolute Gasteiger partial charge is 0.392 e. The molecule has 0 heterocycles. The van der Waals surface area contributed by atoms with E-state index in [2.05, 4.69) is 19.2 Å². The van der Waals surface area contributed by atoms with Gasteiger partial charge in [-0.05, 0) is 26.7 Å². The van der Waals surface area contributed by atoms with Gasteiger partial charge in [0.05, 0.1) is 6.10 Å². The zero-order chi connectivity index (χ0) is 11.6. The minimum atomic E-state index is -0.186. The predicted octanol–water partition coefficient (Wildman–Crippen LogP) is 3.83. The van der Waals surface area contributed by atoms with Crippen LogP contribution in [0.25, 0.3) is 0 Å². The van der Waals surface area contributed by atoms with Crippen LogP contribution >= 0.6 is 12.6 Å². The van der Waals surface area contributed by atoms with Gasteiger partial charge in [0.1, 0.15) is 0 Å². The molecule has 0 amide bonds. The summed E-state index contributed by atoms with van der Waals surface area (Å²) in [5.41, 5.74) is 0. The van der Waals surface area contributed by atoms with Gasteiger partial charge in [0, 0.05) is 4.75 Å². The highest BCUT2D eigenvalue weighted by Crippen LogP contribution is 2.32. The molecule has 1 aliphatic rings. The first-order valence-electron chi connectivity index (χ1n) is 5.52. The van der Waals surface area contributed by atoms with Crippen molar-refractivity contribution in [3.05, 3.63) is 12.7 Å². The molecule has 0 aromatic heterocycles. The molecular weight excluding hydrogens is 192 g/mol. The number of aliphatic hydroxyl groups is 1. The van der Waals surface area contributed by atoms with Gasteiger partial charge in [-0.25, -0.2) is 0 Å². The average molecular weight is 218 g/mol. The molecule has 0 aromatic rings. The normalized spacial score (nSPS) is 30.3. The average Bonchev–Trinajstić information content (AvgIpc) is 2.15. The summed E-state index contributed by atoms with van der Waals surface area (Å²) >= 11 is 4.36. The van der Waals surface area contributed by atoms with E-state index in [1.165, 1.54) is 6.42 Å². The van der Waals surface area contributed by atoms with Crippen molar-refractivity contribution >= 4 is 12.6 Å². The molecule has 1 saturated carbocycles. The molecule has 2 unspecified atom stereocenters. The summed E-state index contributed by atoms with van der Waals surface area (Å²) < 4.78 is -0.113. The van der Waals surface area contributed by atoms with Crippen LogP contribution in [0.15, 0.2) is 12.7 Å². The van der Waals surface area contributed by atoms with Crippen LogP contribution in [-0.2, 0) is 0 Å². The topological polar surface area (TPSA) is 20.2 Å². The van der Waals surface area contributed by atoms with E-state index in [0.29, 0.717) is 0 Å². The first-order valence-corrected chi connectivity index (χ1v) is 5.97. The molecule has 1 aliphatic carbocycles. The Bertz CT molecular complexity index is 132. The third-order valence-corrected chi connectivity index (χ3v) is 2.65. The van der Waals surface area contributed by atoms with Gasteiger partial charge in [-0.1, -0.05) is 32.8 Å². The highest BCUT2D eigenvalue weighted by atomic mass is 32.1. The summed E-state index contributed by atoms with van der Waals surface area (Å²) in [7, 11) is 0. The Morgan fingerprint density at radius 3 is 2.07 bits per heavy atom. The van der Waals surface area contributed by atoms with Crippen LogP contribution < -0.4 is 0 Å². The Kier molecular flexibility index (Phi) is 11.3. The van der Waals surface area contributed by atoms with Gasteiger partial charge in [-0.2, -0.15) is 12.6 Å². The van der Waals surface area contributed by atoms with Gasteiger partial charge in [-0.3, -0.25) is 0 Å². The van der Waals surface area contributed by atoms with Crippen molar-refractivity contribution < 1.29 is 5.11 Å². The van der Waals surface area contributed by atoms with E-state index in [4.69, 9.17) is 0 Å². The molecule has 0 bridgehead atoms. The van der Waals surface area contributed by atoms with Crippen molar-refractivity contribution in [2.75, 3.05) is 0 Å². The lowest BCUT2D eigenvalue weighted by molar-refractivity contribution is 0.0991. The van der Waals surface area contributed by atoms with E-state index in [0.717, 1.165) is 19.3 Å². The lowest BCUT2D eigenvalue weighted by Gasteiger charge is -2.33. The summed E-state index contributed by atoms with van der Waals surface area (Å²) in [5.74, 6) is 0. The smallest absolute Gasteiger partial charge is 0.0681 e. The molecule has 86 valence electrons. The molecule has 14 heavy (non-hydrogen) atoms. The van der Waals surface area contributed by atoms with Crippen LogP contribution in [0.1, 0.15) is 53.4 Å². The van der Waals surface area contributed by atoms with Crippen LogP contribution in [0.5, 0.6) is 0 Å². The predicted molar refractivity (Wildman–Crippen MR) is 69.1 cm³/mol. The maximum absolute atomic E-state index is 9.36. The lowest BCUT2D eigenvalue weighted by Crippen LogP contribution is -2.36. The monoisotopic (exact) mass is 218 g/mol. The molecule has 1 rings (SSSR count). The van der Waals surface area contributed by atoms with E-state index in [1.54, 1.807) is 6.08 Å². The Balaban J connectivity index is 0. The SMILES string of the molecule is C=CC.CC.CC1(S)CCCCC1O. The third kappa shape index (κ3) is 7.45. The van der Waals surface area contributed by atoms with E-state index in [9.17, 15) is 5.11 Å². The van der Waals surface area contributed by atoms with Crippen LogP contribution in [-0.4, -0.2) is 16.0 Å². The minimum Gasteiger partial charge on any atom is -0.392 e. The summed E-state index contributed by atoms with van der Waals surface area (Å²) in [6.45, 7) is 11.3. The fourth-order valence-electron chi connectivity index (χ4n) is 1.30. The molecule has 0 saturated heterocycles. The summed E-state index contributed by atoms with van der Waals surface area (Å²) in [6.07, 6.45) is 5.93. The number of hydrogen-bond donors (Lipinski definition) is 2. The Morgan fingerprint density at radius 1 is 1.43 bits per heavy atom. The highest BCUT2D eigenvalue weighted by Gasteiger charge is 2.31. The molecule has 1 nitrogen and oxygen atoms in total. The number of rotatable bonds is 0. The fraction of sp³-hybridized carbons (Fsp3) is 0.833. The molecule has 0 radical (unpaired) electrons. The first kappa shape index (κ1) is 16.5. The van der Waals surface area contributed by atoms with Gasteiger partial charge in [0.15, 0.2) is 0 Å².